The summed E-state index contributed by atoms with van der Waals surface area (Å²) >= 11 is 18.6. The van der Waals surface area contributed by atoms with Crippen molar-refractivity contribution >= 4 is 62.3 Å². The van der Waals surface area contributed by atoms with Crippen molar-refractivity contribution in [2.75, 3.05) is 23.7 Å². The lowest BCUT2D eigenvalue weighted by molar-refractivity contribution is -0.140. The monoisotopic (exact) mass is 609 g/mol. The summed E-state index contributed by atoms with van der Waals surface area (Å²) in [7, 11) is -3.90. The van der Waals surface area contributed by atoms with Crippen LogP contribution in [0.2, 0.25) is 15.1 Å². The number of hydrogen-bond acceptors (Lipinski definition) is 4. The Balaban J connectivity index is 2.08. The molecular formula is C28H30Cl3N3O4S. The lowest BCUT2D eigenvalue weighted by Crippen LogP contribution is -2.53. The summed E-state index contributed by atoms with van der Waals surface area (Å²) in [6.45, 7) is 3.29. The van der Waals surface area contributed by atoms with Gasteiger partial charge in [-0.3, -0.25) is 13.9 Å². The first-order valence-electron chi connectivity index (χ1n) is 12.2. The number of rotatable bonds is 11. The van der Waals surface area contributed by atoms with Gasteiger partial charge in [0.05, 0.1) is 22.0 Å². The van der Waals surface area contributed by atoms with Crippen molar-refractivity contribution in [3.8, 4) is 0 Å². The number of amides is 2. The van der Waals surface area contributed by atoms with Gasteiger partial charge in [-0.1, -0.05) is 77.3 Å². The van der Waals surface area contributed by atoms with Crippen LogP contribution in [-0.2, 0) is 32.6 Å². The molecule has 1 unspecified atom stereocenters. The van der Waals surface area contributed by atoms with Gasteiger partial charge in [-0.2, -0.15) is 0 Å². The van der Waals surface area contributed by atoms with E-state index in [1.54, 1.807) is 50.2 Å². The maximum atomic E-state index is 14.0. The van der Waals surface area contributed by atoms with E-state index in [-0.39, 0.29) is 24.6 Å². The van der Waals surface area contributed by atoms with Crippen molar-refractivity contribution in [1.29, 1.82) is 0 Å². The van der Waals surface area contributed by atoms with Gasteiger partial charge < -0.3 is 10.2 Å². The molecule has 39 heavy (non-hydrogen) atoms. The molecule has 0 saturated heterocycles. The fourth-order valence-corrected chi connectivity index (χ4v) is 5.53. The molecule has 0 spiro atoms. The molecule has 11 heteroatoms. The minimum Gasteiger partial charge on any atom is -0.355 e. The highest BCUT2D eigenvalue weighted by Gasteiger charge is 2.33. The minimum absolute atomic E-state index is 0.00349. The van der Waals surface area contributed by atoms with Crippen molar-refractivity contribution in [2.45, 2.75) is 32.9 Å². The van der Waals surface area contributed by atoms with E-state index in [2.05, 4.69) is 5.32 Å². The third-order valence-corrected chi connectivity index (χ3v) is 8.42. The smallest absolute Gasteiger partial charge is 0.244 e. The molecule has 0 heterocycles. The van der Waals surface area contributed by atoms with Crippen LogP contribution in [0.25, 0.3) is 0 Å². The van der Waals surface area contributed by atoms with Crippen LogP contribution in [0, 0.1) is 6.92 Å². The third-order valence-electron chi connectivity index (χ3n) is 6.15. The number of halogens is 3. The summed E-state index contributed by atoms with van der Waals surface area (Å²) in [5.74, 6) is -0.933. The zero-order chi connectivity index (χ0) is 28.7. The molecule has 0 radical (unpaired) electrons. The van der Waals surface area contributed by atoms with Crippen molar-refractivity contribution < 1.29 is 18.0 Å². The van der Waals surface area contributed by atoms with Crippen molar-refractivity contribution in [3.63, 3.8) is 0 Å². The zero-order valence-electron chi connectivity index (χ0n) is 21.8. The summed E-state index contributed by atoms with van der Waals surface area (Å²) in [6, 6.07) is 18.2. The quantitative estimate of drug-likeness (QED) is 0.311. The fraction of sp³-hybridized carbons (Fsp3) is 0.286. The molecular weight excluding hydrogens is 581 g/mol. The van der Waals surface area contributed by atoms with Crippen LogP contribution in [0.1, 0.15) is 23.6 Å². The second-order valence-electron chi connectivity index (χ2n) is 9.02. The van der Waals surface area contributed by atoms with E-state index in [0.717, 1.165) is 16.1 Å². The van der Waals surface area contributed by atoms with Gasteiger partial charge in [-0.15, -0.1) is 0 Å². The number of hydrogen-bond donors (Lipinski definition) is 1. The Bertz CT molecular complexity index is 1440. The lowest BCUT2D eigenvalue weighted by atomic mass is 10.0. The van der Waals surface area contributed by atoms with Crippen molar-refractivity contribution in [1.82, 2.24) is 10.2 Å². The maximum absolute atomic E-state index is 14.0. The first kappa shape index (κ1) is 30.8. The zero-order valence-corrected chi connectivity index (χ0v) is 24.9. The number of likely N-dealkylation sites (N-methyl/N-ethyl adjacent to an activating group) is 1. The second-order valence-corrected chi connectivity index (χ2v) is 12.2. The molecule has 3 rings (SSSR count). The Morgan fingerprint density at radius 2 is 1.59 bits per heavy atom. The standard InChI is InChI=1S/C28H30Cl3N3O4S/c1-4-32-28(36)26(16-20-9-6-5-7-10-20)33(17-21-13-14-23(30)24(31)15-21)27(35)18-34(39(3,37)38)25-12-8-11-22(29)19(25)2/h5-15,26H,4,16-18H2,1-3H3,(H,32,36). The molecule has 1 N–H and O–H groups in total. The van der Waals surface area contributed by atoms with E-state index in [1.807, 2.05) is 30.3 Å². The number of carbonyl (C=O) groups excluding carboxylic acids is 2. The normalized spacial score (nSPS) is 12.1. The first-order chi connectivity index (χ1) is 18.4. The highest BCUT2D eigenvalue weighted by Crippen LogP contribution is 2.29. The number of benzene rings is 3. The molecule has 7 nitrogen and oxygen atoms in total. The highest BCUT2D eigenvalue weighted by molar-refractivity contribution is 7.92. The minimum atomic E-state index is -3.90. The van der Waals surface area contributed by atoms with Gasteiger partial charge in [-0.05, 0) is 54.8 Å². The summed E-state index contributed by atoms with van der Waals surface area (Å²) in [4.78, 5) is 28.8. The fourth-order valence-electron chi connectivity index (χ4n) is 4.14. The average Bonchev–Trinajstić information content (AvgIpc) is 2.88. The maximum Gasteiger partial charge on any atom is 0.244 e. The molecule has 0 aliphatic carbocycles. The molecule has 0 bridgehead atoms. The molecule has 0 aromatic heterocycles. The van der Waals surface area contributed by atoms with E-state index in [0.29, 0.717) is 32.7 Å². The predicted octanol–water partition coefficient (Wildman–Crippen LogP) is 5.50. The highest BCUT2D eigenvalue weighted by atomic mass is 35.5. The van der Waals surface area contributed by atoms with E-state index in [4.69, 9.17) is 34.8 Å². The van der Waals surface area contributed by atoms with Crippen molar-refractivity contribution in [3.05, 3.63) is 98.5 Å². The van der Waals surface area contributed by atoms with Crippen LogP contribution in [0.4, 0.5) is 5.69 Å². The molecule has 0 saturated carbocycles. The Kier molecular flexibility index (Phi) is 10.7. The predicted molar refractivity (Wildman–Crippen MR) is 158 cm³/mol. The third kappa shape index (κ3) is 8.11. The molecule has 208 valence electrons. The first-order valence-corrected chi connectivity index (χ1v) is 15.2. The molecule has 3 aromatic carbocycles. The van der Waals surface area contributed by atoms with Gasteiger partial charge in [0.2, 0.25) is 21.8 Å². The molecule has 2 amide bonds. The molecule has 0 aliphatic rings. The van der Waals surface area contributed by atoms with E-state index in [9.17, 15) is 18.0 Å². The molecule has 1 atom stereocenters. The van der Waals surface area contributed by atoms with Crippen LogP contribution in [0.3, 0.4) is 0 Å². The number of carbonyl (C=O) groups is 2. The van der Waals surface area contributed by atoms with Crippen LogP contribution >= 0.6 is 34.8 Å². The Labute approximate surface area is 244 Å². The number of anilines is 1. The van der Waals surface area contributed by atoms with Gasteiger partial charge in [-0.25, -0.2) is 8.42 Å². The van der Waals surface area contributed by atoms with Gasteiger partial charge in [0, 0.05) is 24.5 Å². The van der Waals surface area contributed by atoms with Gasteiger partial charge in [0.25, 0.3) is 0 Å². The Morgan fingerprint density at radius 3 is 2.21 bits per heavy atom. The average molecular weight is 611 g/mol. The SMILES string of the molecule is CCNC(=O)C(Cc1ccccc1)N(Cc1ccc(Cl)c(Cl)c1)C(=O)CN(c1cccc(Cl)c1C)S(C)(=O)=O. The van der Waals surface area contributed by atoms with Gasteiger partial charge >= 0.3 is 0 Å². The van der Waals surface area contributed by atoms with Crippen LogP contribution in [0.15, 0.2) is 66.7 Å². The molecule has 0 fully saturated rings. The number of nitrogens with zero attached hydrogens (tertiary/aromatic N) is 2. The Hall–Kier alpha value is -2.78. The van der Waals surface area contributed by atoms with E-state index in [1.165, 1.54) is 4.90 Å². The Morgan fingerprint density at radius 1 is 0.897 bits per heavy atom. The van der Waals surface area contributed by atoms with Gasteiger partial charge in [0.15, 0.2) is 0 Å². The summed E-state index contributed by atoms with van der Waals surface area (Å²) in [6.07, 6.45) is 1.24. The summed E-state index contributed by atoms with van der Waals surface area (Å²) < 4.78 is 26.8. The lowest BCUT2D eigenvalue weighted by Gasteiger charge is -2.33. The summed E-state index contributed by atoms with van der Waals surface area (Å²) in [5, 5.41) is 3.82. The van der Waals surface area contributed by atoms with Crippen LogP contribution in [-0.4, -0.2) is 50.5 Å². The van der Waals surface area contributed by atoms with Gasteiger partial charge in [0.1, 0.15) is 12.6 Å². The molecule has 0 aliphatic heterocycles. The second kappa shape index (κ2) is 13.5. The largest absolute Gasteiger partial charge is 0.355 e. The topological polar surface area (TPSA) is 86.8 Å². The van der Waals surface area contributed by atoms with Crippen molar-refractivity contribution in [2.24, 2.45) is 0 Å². The summed E-state index contributed by atoms with van der Waals surface area (Å²) in [5.41, 5.74) is 2.26. The van der Waals surface area contributed by atoms with Crippen LogP contribution in [0.5, 0.6) is 0 Å². The van der Waals surface area contributed by atoms with E-state index < -0.39 is 28.5 Å². The number of nitrogens with one attached hydrogen (secondary N) is 1. The van der Waals surface area contributed by atoms with E-state index >= 15 is 0 Å². The molecule has 3 aromatic rings. The van der Waals surface area contributed by atoms with Crippen LogP contribution < -0.4 is 9.62 Å². The number of sulfonamides is 1.